The second kappa shape index (κ2) is 11.3. The summed E-state index contributed by atoms with van der Waals surface area (Å²) >= 11 is 0. The summed E-state index contributed by atoms with van der Waals surface area (Å²) in [5.74, 6) is 1.07. The van der Waals surface area contributed by atoms with Gasteiger partial charge in [-0.2, -0.15) is 0 Å². The normalized spacial score (nSPS) is 13.4. The third-order valence-corrected chi connectivity index (χ3v) is 5.41. The van der Waals surface area contributed by atoms with Crippen molar-refractivity contribution in [1.82, 2.24) is 15.3 Å². The van der Waals surface area contributed by atoms with Crippen LogP contribution in [0.4, 0.5) is 23.0 Å². The number of hydrogen-bond acceptors (Lipinski definition) is 8. The molecule has 0 radical (unpaired) electrons. The molecule has 0 unspecified atom stereocenters. The van der Waals surface area contributed by atoms with Gasteiger partial charge in [-0.1, -0.05) is 0 Å². The van der Waals surface area contributed by atoms with E-state index in [1.807, 2.05) is 36.4 Å². The Morgan fingerprint density at radius 2 is 1.94 bits per heavy atom. The minimum Gasteiger partial charge on any atom is -0.491 e. The number of anilines is 4. The molecule has 3 aromatic rings. The second-order valence-electron chi connectivity index (χ2n) is 7.97. The van der Waals surface area contributed by atoms with E-state index in [0.29, 0.717) is 37.0 Å². The zero-order valence-electron chi connectivity index (χ0n) is 19.3. The lowest BCUT2D eigenvalue weighted by molar-refractivity contribution is -0.118. The SMILES string of the molecule is CC(=O)NCCCOc1ccc(-c2ccnc(Nc3ccc(N4CCOCC4)cc3)n2)cc1N. The van der Waals surface area contributed by atoms with Crippen molar-refractivity contribution >= 4 is 28.9 Å². The molecule has 9 nitrogen and oxygen atoms in total. The van der Waals surface area contributed by atoms with E-state index in [4.69, 9.17) is 15.2 Å². The highest BCUT2D eigenvalue weighted by molar-refractivity contribution is 5.72. The van der Waals surface area contributed by atoms with Gasteiger partial charge in [-0.25, -0.2) is 9.97 Å². The van der Waals surface area contributed by atoms with Crippen LogP contribution in [0.5, 0.6) is 5.75 Å². The first-order valence-corrected chi connectivity index (χ1v) is 11.4. The van der Waals surface area contributed by atoms with E-state index < -0.39 is 0 Å². The summed E-state index contributed by atoms with van der Waals surface area (Å²) in [4.78, 5) is 22.2. The van der Waals surface area contributed by atoms with Gasteiger partial charge in [-0.15, -0.1) is 0 Å². The smallest absolute Gasteiger partial charge is 0.227 e. The van der Waals surface area contributed by atoms with Gasteiger partial charge in [-0.3, -0.25) is 4.79 Å². The minimum absolute atomic E-state index is 0.0485. The maximum Gasteiger partial charge on any atom is 0.227 e. The summed E-state index contributed by atoms with van der Waals surface area (Å²) in [6.07, 6.45) is 2.42. The molecule has 9 heteroatoms. The van der Waals surface area contributed by atoms with Gasteiger partial charge in [0.2, 0.25) is 11.9 Å². The zero-order chi connectivity index (χ0) is 23.8. The van der Waals surface area contributed by atoms with Crippen LogP contribution >= 0.6 is 0 Å². The Kier molecular flexibility index (Phi) is 7.77. The highest BCUT2D eigenvalue weighted by Gasteiger charge is 2.11. The molecule has 0 saturated carbocycles. The van der Waals surface area contributed by atoms with Gasteiger partial charge in [-0.05, 0) is 55.0 Å². The van der Waals surface area contributed by atoms with Gasteiger partial charge in [0.15, 0.2) is 0 Å². The topological polar surface area (TPSA) is 115 Å². The first-order chi connectivity index (χ1) is 16.6. The lowest BCUT2D eigenvalue weighted by atomic mass is 10.1. The lowest BCUT2D eigenvalue weighted by Gasteiger charge is -2.28. The molecule has 1 amide bonds. The van der Waals surface area contributed by atoms with E-state index in [2.05, 4.69) is 37.6 Å². The van der Waals surface area contributed by atoms with Crippen molar-refractivity contribution in [3.05, 3.63) is 54.7 Å². The standard InChI is InChI=1S/C25H30N6O3/c1-18(32)27-10-2-14-34-24-8-3-19(17-22(24)26)23-9-11-28-25(30-23)29-20-4-6-21(7-5-20)31-12-15-33-16-13-31/h3-9,11,17H,2,10,12-16,26H2,1H3,(H,27,32)(H,28,29,30). The maximum atomic E-state index is 10.9. The van der Waals surface area contributed by atoms with Crippen LogP contribution in [0, 0.1) is 0 Å². The number of amides is 1. The fraction of sp³-hybridized carbons (Fsp3) is 0.320. The van der Waals surface area contributed by atoms with E-state index in [0.717, 1.165) is 43.2 Å². The second-order valence-corrected chi connectivity index (χ2v) is 7.97. The number of rotatable bonds is 9. The molecule has 0 bridgehead atoms. The summed E-state index contributed by atoms with van der Waals surface area (Å²) in [7, 11) is 0. The molecule has 1 aliphatic heterocycles. The molecule has 4 N–H and O–H groups in total. The molecule has 0 aliphatic carbocycles. The summed E-state index contributed by atoms with van der Waals surface area (Å²) < 4.78 is 11.2. The van der Waals surface area contributed by atoms with Crippen molar-refractivity contribution in [3.8, 4) is 17.0 Å². The van der Waals surface area contributed by atoms with Gasteiger partial charge in [0.05, 0.1) is 31.2 Å². The van der Waals surface area contributed by atoms with Crippen LogP contribution in [0.15, 0.2) is 54.7 Å². The summed E-state index contributed by atoms with van der Waals surface area (Å²) in [6, 6.07) is 15.7. The number of hydrogen-bond donors (Lipinski definition) is 3. The Balaban J connectivity index is 1.37. The number of benzene rings is 2. The molecule has 1 fully saturated rings. The summed E-state index contributed by atoms with van der Waals surface area (Å²) in [6.45, 7) is 5.86. The van der Waals surface area contributed by atoms with Gasteiger partial charge in [0, 0.05) is 49.7 Å². The van der Waals surface area contributed by atoms with Crippen LogP contribution in [-0.2, 0) is 9.53 Å². The van der Waals surface area contributed by atoms with Crippen molar-refractivity contribution in [2.45, 2.75) is 13.3 Å². The number of nitrogens with one attached hydrogen (secondary N) is 2. The first kappa shape index (κ1) is 23.3. The molecule has 34 heavy (non-hydrogen) atoms. The predicted molar refractivity (Wildman–Crippen MR) is 133 cm³/mol. The fourth-order valence-corrected chi connectivity index (χ4v) is 3.64. The highest BCUT2D eigenvalue weighted by Crippen LogP contribution is 2.28. The lowest BCUT2D eigenvalue weighted by Crippen LogP contribution is -2.36. The molecule has 4 rings (SSSR count). The molecule has 1 aromatic heterocycles. The van der Waals surface area contributed by atoms with E-state index in [1.54, 1.807) is 6.20 Å². The number of carbonyl (C=O) groups excluding carboxylic acids is 1. The van der Waals surface area contributed by atoms with Crippen molar-refractivity contribution < 1.29 is 14.3 Å². The highest BCUT2D eigenvalue weighted by atomic mass is 16.5. The van der Waals surface area contributed by atoms with Crippen LogP contribution in [0.25, 0.3) is 11.3 Å². The molecule has 0 spiro atoms. The maximum absolute atomic E-state index is 10.9. The Labute approximate surface area is 199 Å². The predicted octanol–water partition coefficient (Wildman–Crippen LogP) is 3.21. The molecular formula is C25H30N6O3. The largest absolute Gasteiger partial charge is 0.491 e. The van der Waals surface area contributed by atoms with Crippen LogP contribution in [-0.4, -0.2) is 55.3 Å². The monoisotopic (exact) mass is 462 g/mol. The number of nitrogens with zero attached hydrogens (tertiary/aromatic N) is 3. The number of aromatic nitrogens is 2. The third-order valence-electron chi connectivity index (χ3n) is 5.41. The van der Waals surface area contributed by atoms with Crippen LogP contribution in [0.1, 0.15) is 13.3 Å². The fourth-order valence-electron chi connectivity index (χ4n) is 3.64. The van der Waals surface area contributed by atoms with Crippen LogP contribution < -0.4 is 26.0 Å². The Bertz CT molecular complexity index is 1100. The van der Waals surface area contributed by atoms with Crippen molar-refractivity contribution in [1.29, 1.82) is 0 Å². The molecule has 1 saturated heterocycles. The first-order valence-electron chi connectivity index (χ1n) is 11.4. The molecular weight excluding hydrogens is 432 g/mol. The molecule has 2 aromatic carbocycles. The number of nitrogen functional groups attached to an aromatic ring is 1. The Morgan fingerprint density at radius 3 is 2.68 bits per heavy atom. The number of nitrogens with two attached hydrogens (primary N) is 1. The van der Waals surface area contributed by atoms with Crippen LogP contribution in [0.2, 0.25) is 0 Å². The number of ether oxygens (including phenoxy) is 2. The zero-order valence-corrected chi connectivity index (χ0v) is 19.3. The van der Waals surface area contributed by atoms with Gasteiger partial charge >= 0.3 is 0 Å². The van der Waals surface area contributed by atoms with Crippen molar-refractivity contribution in [2.24, 2.45) is 0 Å². The summed E-state index contributed by atoms with van der Waals surface area (Å²) in [5.41, 5.74) is 10.4. The van der Waals surface area contributed by atoms with Gasteiger partial charge < -0.3 is 30.7 Å². The average Bonchev–Trinajstić information content (AvgIpc) is 2.86. The average molecular weight is 463 g/mol. The molecule has 0 atom stereocenters. The van der Waals surface area contributed by atoms with E-state index >= 15 is 0 Å². The van der Waals surface area contributed by atoms with E-state index in [9.17, 15) is 4.79 Å². The number of morpholine rings is 1. The van der Waals surface area contributed by atoms with Crippen molar-refractivity contribution in [2.75, 3.05) is 55.4 Å². The van der Waals surface area contributed by atoms with Crippen LogP contribution in [0.3, 0.4) is 0 Å². The Hall–Kier alpha value is -3.85. The molecule has 2 heterocycles. The van der Waals surface area contributed by atoms with Gasteiger partial charge in [0.25, 0.3) is 0 Å². The molecule has 1 aliphatic rings. The van der Waals surface area contributed by atoms with E-state index in [-0.39, 0.29) is 5.91 Å². The quantitative estimate of drug-likeness (QED) is 0.328. The Morgan fingerprint density at radius 1 is 1.15 bits per heavy atom. The third kappa shape index (κ3) is 6.35. The minimum atomic E-state index is -0.0485. The van der Waals surface area contributed by atoms with Crippen molar-refractivity contribution in [3.63, 3.8) is 0 Å². The van der Waals surface area contributed by atoms with Gasteiger partial charge in [0.1, 0.15) is 5.75 Å². The molecule has 178 valence electrons. The van der Waals surface area contributed by atoms with E-state index in [1.165, 1.54) is 12.6 Å². The summed E-state index contributed by atoms with van der Waals surface area (Å²) in [5, 5.41) is 6.01. The number of carbonyl (C=O) groups is 1.